The number of methoxy groups -OCH3 is 3. The van der Waals surface area contributed by atoms with Gasteiger partial charge in [-0.25, -0.2) is 0 Å². The number of aryl methyl sites for hydroxylation is 1. The first kappa shape index (κ1) is 26.1. The number of fused-ring (bicyclic) bond motifs is 1. The fourth-order valence-corrected chi connectivity index (χ4v) is 5.27. The summed E-state index contributed by atoms with van der Waals surface area (Å²) in [5.74, 6) is 1.20. The van der Waals surface area contributed by atoms with Crippen molar-refractivity contribution in [2.75, 3.05) is 25.8 Å². The summed E-state index contributed by atoms with van der Waals surface area (Å²) in [6.07, 6.45) is 2.24. The highest BCUT2D eigenvalue weighted by molar-refractivity contribution is 7.92. The van der Waals surface area contributed by atoms with Gasteiger partial charge in [0, 0.05) is 17.2 Å². The minimum absolute atomic E-state index is 0.0323. The highest BCUT2D eigenvalue weighted by atomic mass is 32.2. The number of hydrogen-bond donors (Lipinski definition) is 0. The molecule has 0 fully saturated rings. The van der Waals surface area contributed by atoms with Crippen LogP contribution in [0.3, 0.4) is 0 Å². The number of nitrogens with zero attached hydrogens (tertiary/aromatic N) is 2. The third-order valence-electron chi connectivity index (χ3n) is 5.87. The van der Waals surface area contributed by atoms with Crippen LogP contribution in [0.25, 0.3) is 17.0 Å². The first-order chi connectivity index (χ1) is 17.9. The summed E-state index contributed by atoms with van der Waals surface area (Å²) in [6, 6.07) is 15.4. The van der Waals surface area contributed by atoms with E-state index in [1.807, 2.05) is 13.0 Å². The maximum Gasteiger partial charge on any atom is 0.292 e. The number of para-hydroxylation sites is 1. The quantitative estimate of drug-likeness (QED) is 0.241. The Balaban J connectivity index is 1.86. The summed E-state index contributed by atoms with van der Waals surface area (Å²) in [7, 11) is 0.127. The molecule has 0 unspecified atom stereocenters. The number of anilines is 1. The van der Waals surface area contributed by atoms with Crippen molar-refractivity contribution in [2.24, 2.45) is 0 Å². The smallest absolute Gasteiger partial charge is 0.292 e. The van der Waals surface area contributed by atoms with Crippen LogP contribution in [0, 0.1) is 0 Å². The molecule has 0 N–H and O–H groups in total. The summed E-state index contributed by atoms with van der Waals surface area (Å²) < 4.78 is 50.6. The molecular weight excluding hydrogens is 496 g/mol. The van der Waals surface area contributed by atoms with Crippen LogP contribution >= 0.6 is 0 Å². The van der Waals surface area contributed by atoms with Crippen LogP contribution in [-0.4, -0.2) is 34.9 Å². The molecule has 0 spiro atoms. The third kappa shape index (κ3) is 4.98. The number of sulfonamides is 1. The Labute approximate surface area is 215 Å². The van der Waals surface area contributed by atoms with Gasteiger partial charge < -0.3 is 18.7 Å². The van der Waals surface area contributed by atoms with E-state index in [4.69, 9.17) is 23.6 Å². The minimum atomic E-state index is -4.34. The number of rotatable bonds is 11. The van der Waals surface area contributed by atoms with Gasteiger partial charge in [0.25, 0.3) is 10.0 Å². The van der Waals surface area contributed by atoms with Crippen molar-refractivity contribution in [1.29, 1.82) is 0 Å². The van der Waals surface area contributed by atoms with E-state index in [-0.39, 0.29) is 23.1 Å². The Kier molecular flexibility index (Phi) is 7.70. The molecule has 194 valence electrons. The molecule has 0 aliphatic rings. The van der Waals surface area contributed by atoms with E-state index in [0.717, 1.165) is 10.0 Å². The second kappa shape index (κ2) is 10.9. The first-order valence-electron chi connectivity index (χ1n) is 11.4. The maximum atomic E-state index is 14.1. The largest absolute Gasteiger partial charge is 0.497 e. The summed E-state index contributed by atoms with van der Waals surface area (Å²) in [5.41, 5.74) is 2.45. The van der Waals surface area contributed by atoms with E-state index in [2.05, 4.69) is 11.7 Å². The Morgan fingerprint density at radius 3 is 2.46 bits per heavy atom. The molecule has 1 heterocycles. The van der Waals surface area contributed by atoms with Crippen molar-refractivity contribution in [3.05, 3.63) is 77.9 Å². The van der Waals surface area contributed by atoms with Gasteiger partial charge in [0.05, 0.1) is 26.7 Å². The van der Waals surface area contributed by atoms with Crippen LogP contribution in [0.2, 0.25) is 0 Å². The van der Waals surface area contributed by atoms with Crippen LogP contribution in [0.5, 0.6) is 17.2 Å². The van der Waals surface area contributed by atoms with Crippen molar-refractivity contribution < 1.29 is 32.0 Å². The van der Waals surface area contributed by atoms with E-state index in [9.17, 15) is 8.42 Å². The number of aromatic nitrogens is 1. The van der Waals surface area contributed by atoms with Gasteiger partial charge in [-0.3, -0.25) is 4.84 Å². The number of benzene rings is 3. The van der Waals surface area contributed by atoms with Crippen molar-refractivity contribution in [3.8, 4) is 17.2 Å². The molecule has 0 saturated heterocycles. The lowest BCUT2D eigenvalue weighted by Gasteiger charge is -2.23. The molecule has 3 aromatic carbocycles. The average molecular weight is 525 g/mol. The molecule has 0 amide bonds. The number of ether oxygens (including phenoxy) is 3. The van der Waals surface area contributed by atoms with Crippen LogP contribution in [0.1, 0.15) is 23.6 Å². The third-order valence-corrected chi connectivity index (χ3v) is 7.46. The predicted molar refractivity (Wildman–Crippen MR) is 140 cm³/mol. The molecule has 4 aromatic rings. The molecule has 0 saturated carbocycles. The fourth-order valence-electron chi connectivity index (χ4n) is 3.84. The topological polar surface area (TPSA) is 100 Å². The van der Waals surface area contributed by atoms with Gasteiger partial charge >= 0.3 is 0 Å². The zero-order valence-electron chi connectivity index (χ0n) is 21.1. The zero-order chi connectivity index (χ0) is 26.6. The molecule has 1 aromatic heterocycles. The Hall–Kier alpha value is -4.02. The highest BCUT2D eigenvalue weighted by Gasteiger charge is 2.34. The normalized spacial score (nSPS) is 11.4. The van der Waals surface area contributed by atoms with Gasteiger partial charge in [-0.05, 0) is 42.3 Å². The van der Waals surface area contributed by atoms with Crippen LogP contribution in [0.15, 0.2) is 70.6 Å². The average Bonchev–Trinajstić information content (AvgIpc) is 3.36. The summed E-state index contributed by atoms with van der Waals surface area (Å²) in [6.45, 7) is 5.57. The van der Waals surface area contributed by atoms with Crippen LogP contribution in [-0.2, 0) is 27.9 Å². The second-order valence-electron chi connectivity index (χ2n) is 7.96. The lowest BCUT2D eigenvalue weighted by atomic mass is 10.1. The van der Waals surface area contributed by atoms with E-state index in [1.165, 1.54) is 14.2 Å². The molecule has 0 atom stereocenters. The van der Waals surface area contributed by atoms with Crippen LogP contribution < -0.4 is 18.7 Å². The van der Waals surface area contributed by atoms with Crippen LogP contribution in [0.4, 0.5) is 5.82 Å². The monoisotopic (exact) mass is 524 g/mol. The maximum absolute atomic E-state index is 14.1. The van der Waals surface area contributed by atoms with E-state index in [1.54, 1.807) is 61.7 Å². The fraction of sp³-hybridized carbons (Fsp3) is 0.222. The Morgan fingerprint density at radius 1 is 1.00 bits per heavy atom. The lowest BCUT2D eigenvalue weighted by molar-refractivity contribution is 0.130. The first-order valence-corrected chi connectivity index (χ1v) is 12.9. The van der Waals surface area contributed by atoms with Gasteiger partial charge in [0.1, 0.15) is 28.8 Å². The molecule has 10 heteroatoms. The lowest BCUT2D eigenvalue weighted by Crippen LogP contribution is -2.32. The minimum Gasteiger partial charge on any atom is -0.497 e. The Bertz CT molecular complexity index is 1530. The molecule has 37 heavy (non-hydrogen) atoms. The number of hydrogen-bond acceptors (Lipinski definition) is 8. The summed E-state index contributed by atoms with van der Waals surface area (Å²) in [5, 5.41) is 4.52. The second-order valence-corrected chi connectivity index (χ2v) is 9.68. The SMILES string of the molecule is C=Cc1cccc2c(N(OCc3ccc(OC)cc3OC)S(=O)(=O)c3cc(CC)ccc3OC)noc12. The van der Waals surface area contributed by atoms with Crippen molar-refractivity contribution >= 4 is 32.9 Å². The highest BCUT2D eigenvalue weighted by Crippen LogP contribution is 2.36. The van der Waals surface area contributed by atoms with Gasteiger partial charge in [-0.2, -0.15) is 8.42 Å². The van der Waals surface area contributed by atoms with Gasteiger partial charge in [-0.1, -0.05) is 42.9 Å². The molecule has 9 nitrogen and oxygen atoms in total. The summed E-state index contributed by atoms with van der Waals surface area (Å²) >= 11 is 0. The standard InChI is InChI=1S/C27H28N2O7S/c1-6-18-11-14-23(33-4)25(15-18)37(30,31)29(27-22-10-8-9-19(7-2)26(22)36-28-27)35-17-20-12-13-21(32-3)16-24(20)34-5/h7-16H,2,6,17H2,1,3-5H3. The van der Waals surface area contributed by atoms with Crippen molar-refractivity contribution in [3.63, 3.8) is 0 Å². The van der Waals surface area contributed by atoms with Crippen molar-refractivity contribution in [2.45, 2.75) is 24.8 Å². The molecule has 0 radical (unpaired) electrons. The molecule has 0 aliphatic carbocycles. The summed E-state index contributed by atoms with van der Waals surface area (Å²) in [4.78, 5) is 5.92. The van der Waals surface area contributed by atoms with E-state index >= 15 is 0 Å². The van der Waals surface area contributed by atoms with Crippen molar-refractivity contribution in [1.82, 2.24) is 5.16 Å². The van der Waals surface area contributed by atoms with Gasteiger partial charge in [-0.15, -0.1) is 4.47 Å². The van der Waals surface area contributed by atoms with Gasteiger partial charge in [0.2, 0.25) is 5.82 Å². The molecule has 4 rings (SSSR count). The van der Waals surface area contributed by atoms with E-state index < -0.39 is 10.0 Å². The predicted octanol–water partition coefficient (Wildman–Crippen LogP) is 5.39. The van der Waals surface area contributed by atoms with Gasteiger partial charge in [0.15, 0.2) is 5.58 Å². The molecular formula is C27H28N2O7S. The zero-order valence-corrected chi connectivity index (χ0v) is 21.9. The van der Waals surface area contributed by atoms with E-state index in [0.29, 0.717) is 40.0 Å². The molecule has 0 bridgehead atoms. The molecule has 0 aliphatic heterocycles. The Morgan fingerprint density at radius 2 is 1.78 bits per heavy atom.